The fourth-order valence-electron chi connectivity index (χ4n) is 4.67. The van der Waals surface area contributed by atoms with Crippen LogP contribution in [0.1, 0.15) is 72.1 Å². The summed E-state index contributed by atoms with van der Waals surface area (Å²) in [6.07, 6.45) is 11.0. The van der Waals surface area contributed by atoms with E-state index in [1.807, 2.05) is 0 Å². The van der Waals surface area contributed by atoms with E-state index in [1.165, 1.54) is 37.0 Å². The Labute approximate surface area is 166 Å². The number of halogens is 1. The second-order valence-electron chi connectivity index (χ2n) is 8.53. The van der Waals surface area contributed by atoms with E-state index in [2.05, 4.69) is 36.0 Å². The number of hydrogen-bond donors (Lipinski definition) is 1. The van der Waals surface area contributed by atoms with Crippen LogP contribution in [-0.4, -0.2) is 28.0 Å². The van der Waals surface area contributed by atoms with Gasteiger partial charge in [0, 0.05) is 12.1 Å². The molecule has 26 heavy (non-hydrogen) atoms. The van der Waals surface area contributed by atoms with Gasteiger partial charge in [-0.25, -0.2) is 9.78 Å². The number of carbonyl (C=O) groups is 1. The summed E-state index contributed by atoms with van der Waals surface area (Å²) in [4.78, 5) is 19.5. The lowest BCUT2D eigenvalue weighted by atomic mass is 9.78. The van der Waals surface area contributed by atoms with E-state index >= 15 is 0 Å². The number of amides is 2. The van der Waals surface area contributed by atoms with E-state index in [4.69, 9.17) is 11.6 Å². The molecule has 3 rings (SSSR count). The van der Waals surface area contributed by atoms with Crippen molar-refractivity contribution in [2.75, 3.05) is 5.32 Å². The molecular weight excluding hydrogens is 366 g/mol. The zero-order valence-electron chi connectivity index (χ0n) is 16.2. The third kappa shape index (κ3) is 4.92. The maximum atomic E-state index is 13.2. The van der Waals surface area contributed by atoms with Gasteiger partial charge in [0.05, 0.1) is 6.20 Å². The first-order chi connectivity index (χ1) is 12.4. The SMILES string of the molecule is CC1CCC(N(C(=O)Nc2ncc(Cl)s2)C2CCC(C(C)C)CC2)CC1. The fraction of sp³-hybridized carbons (Fsp3) is 0.800. The first-order valence-electron chi connectivity index (χ1n) is 10.1. The second kappa shape index (κ2) is 8.92. The molecule has 0 bridgehead atoms. The minimum Gasteiger partial charge on any atom is -0.319 e. The minimum absolute atomic E-state index is 0.0172. The number of aromatic nitrogens is 1. The van der Waals surface area contributed by atoms with Crippen LogP contribution >= 0.6 is 22.9 Å². The Morgan fingerprint density at radius 1 is 1.15 bits per heavy atom. The Morgan fingerprint density at radius 2 is 1.73 bits per heavy atom. The fourth-order valence-corrected chi connectivity index (χ4v) is 5.47. The molecule has 0 saturated heterocycles. The van der Waals surface area contributed by atoms with Crippen LogP contribution in [0.2, 0.25) is 4.34 Å². The third-order valence-electron chi connectivity index (χ3n) is 6.38. The highest BCUT2D eigenvalue weighted by Gasteiger charge is 2.35. The van der Waals surface area contributed by atoms with Crippen LogP contribution in [0.5, 0.6) is 0 Å². The summed E-state index contributed by atoms with van der Waals surface area (Å²) in [5, 5.41) is 3.61. The molecule has 0 unspecified atom stereocenters. The predicted molar refractivity (Wildman–Crippen MR) is 110 cm³/mol. The van der Waals surface area contributed by atoms with Crippen molar-refractivity contribution in [3.63, 3.8) is 0 Å². The number of carbonyl (C=O) groups excluding carboxylic acids is 1. The highest BCUT2D eigenvalue weighted by atomic mass is 35.5. The number of rotatable bonds is 4. The lowest BCUT2D eigenvalue weighted by Crippen LogP contribution is -2.51. The summed E-state index contributed by atoms with van der Waals surface area (Å²) in [7, 11) is 0. The molecule has 2 fully saturated rings. The molecule has 0 spiro atoms. The van der Waals surface area contributed by atoms with Gasteiger partial charge in [-0.05, 0) is 69.1 Å². The maximum absolute atomic E-state index is 13.2. The molecule has 4 nitrogen and oxygen atoms in total. The van der Waals surface area contributed by atoms with Crippen molar-refractivity contribution in [3.8, 4) is 0 Å². The van der Waals surface area contributed by atoms with E-state index in [-0.39, 0.29) is 6.03 Å². The lowest BCUT2D eigenvalue weighted by Gasteiger charge is -2.44. The highest BCUT2D eigenvalue weighted by Crippen LogP contribution is 2.36. The molecule has 2 amide bonds. The van der Waals surface area contributed by atoms with Crippen molar-refractivity contribution in [3.05, 3.63) is 10.5 Å². The normalized spacial score (nSPS) is 29.6. The summed E-state index contributed by atoms with van der Waals surface area (Å²) in [5.41, 5.74) is 0. The van der Waals surface area contributed by atoms with Crippen LogP contribution in [0.3, 0.4) is 0 Å². The molecule has 0 aliphatic heterocycles. The van der Waals surface area contributed by atoms with Crippen LogP contribution in [0, 0.1) is 17.8 Å². The van der Waals surface area contributed by atoms with Gasteiger partial charge in [-0.15, -0.1) is 0 Å². The Hall–Kier alpha value is -0.810. The van der Waals surface area contributed by atoms with Crippen LogP contribution < -0.4 is 5.32 Å². The first kappa shape index (κ1) is 19.9. The molecule has 0 aromatic carbocycles. The molecule has 2 saturated carbocycles. The largest absolute Gasteiger partial charge is 0.324 e. The number of hydrogen-bond acceptors (Lipinski definition) is 3. The zero-order chi connectivity index (χ0) is 18.7. The zero-order valence-corrected chi connectivity index (χ0v) is 17.8. The van der Waals surface area contributed by atoms with E-state index in [0.717, 1.165) is 43.4 Å². The lowest BCUT2D eigenvalue weighted by molar-refractivity contribution is 0.0896. The molecule has 1 N–H and O–H groups in total. The number of nitrogens with one attached hydrogen (secondary N) is 1. The summed E-state index contributed by atoms with van der Waals surface area (Å²) >= 11 is 7.30. The van der Waals surface area contributed by atoms with Crippen molar-refractivity contribution in [2.45, 2.75) is 84.2 Å². The molecule has 0 radical (unpaired) electrons. The Morgan fingerprint density at radius 3 is 2.23 bits per heavy atom. The molecule has 1 aromatic heterocycles. The average molecular weight is 398 g/mol. The number of thiazole rings is 1. The first-order valence-corrected chi connectivity index (χ1v) is 11.3. The van der Waals surface area contributed by atoms with E-state index in [0.29, 0.717) is 21.6 Å². The van der Waals surface area contributed by atoms with Crippen molar-refractivity contribution in [2.24, 2.45) is 17.8 Å². The number of nitrogens with zero attached hydrogens (tertiary/aromatic N) is 2. The molecule has 0 atom stereocenters. The molecule has 6 heteroatoms. The topological polar surface area (TPSA) is 45.2 Å². The molecule has 1 aromatic rings. The Balaban J connectivity index is 1.70. The van der Waals surface area contributed by atoms with Crippen molar-refractivity contribution in [1.82, 2.24) is 9.88 Å². The summed E-state index contributed by atoms with van der Waals surface area (Å²) in [6, 6.07) is 0.740. The van der Waals surface area contributed by atoms with E-state index in [9.17, 15) is 4.79 Å². The van der Waals surface area contributed by atoms with Crippen LogP contribution in [0.15, 0.2) is 6.20 Å². The van der Waals surface area contributed by atoms with E-state index < -0.39 is 0 Å². The standard InChI is InChI=1S/C20H32ClN3OS/c1-13(2)15-6-10-17(11-7-15)24(16-8-4-14(3)5-9-16)20(25)23-19-22-12-18(21)26-19/h12-17H,4-11H2,1-3H3,(H,22,23,25). The summed E-state index contributed by atoms with van der Waals surface area (Å²) in [6.45, 7) is 6.97. The monoisotopic (exact) mass is 397 g/mol. The van der Waals surface area contributed by atoms with Gasteiger partial charge in [0.2, 0.25) is 0 Å². The van der Waals surface area contributed by atoms with Gasteiger partial charge >= 0.3 is 6.03 Å². The summed E-state index contributed by atoms with van der Waals surface area (Å²) in [5.74, 6) is 2.33. The molecular formula is C20H32ClN3OS. The average Bonchev–Trinajstić information content (AvgIpc) is 3.02. The Kier molecular flexibility index (Phi) is 6.84. The van der Waals surface area contributed by atoms with Crippen molar-refractivity contribution in [1.29, 1.82) is 0 Å². The minimum atomic E-state index is 0.0172. The van der Waals surface area contributed by atoms with Crippen molar-refractivity contribution >= 4 is 34.1 Å². The second-order valence-corrected chi connectivity index (χ2v) is 10.2. The molecule has 146 valence electrons. The van der Waals surface area contributed by atoms with Crippen LogP contribution in [0.25, 0.3) is 0 Å². The van der Waals surface area contributed by atoms with Gasteiger partial charge in [-0.3, -0.25) is 5.32 Å². The maximum Gasteiger partial charge on any atom is 0.324 e. The smallest absolute Gasteiger partial charge is 0.319 e. The predicted octanol–water partition coefficient (Wildman–Crippen LogP) is 6.42. The quantitative estimate of drug-likeness (QED) is 0.636. The molecule has 2 aliphatic rings. The molecule has 2 aliphatic carbocycles. The van der Waals surface area contributed by atoms with E-state index in [1.54, 1.807) is 6.20 Å². The Bertz CT molecular complexity index is 590. The van der Waals surface area contributed by atoms with Gasteiger partial charge in [-0.1, -0.05) is 43.7 Å². The van der Waals surface area contributed by atoms with Crippen LogP contribution in [0.4, 0.5) is 9.93 Å². The van der Waals surface area contributed by atoms with Gasteiger partial charge in [0.15, 0.2) is 5.13 Å². The summed E-state index contributed by atoms with van der Waals surface area (Å²) < 4.78 is 0.607. The van der Waals surface area contributed by atoms with Gasteiger partial charge in [0.25, 0.3) is 0 Å². The van der Waals surface area contributed by atoms with Gasteiger partial charge < -0.3 is 4.90 Å². The number of anilines is 1. The number of urea groups is 1. The van der Waals surface area contributed by atoms with Gasteiger partial charge in [-0.2, -0.15) is 0 Å². The van der Waals surface area contributed by atoms with Gasteiger partial charge in [0.1, 0.15) is 4.34 Å². The highest BCUT2D eigenvalue weighted by molar-refractivity contribution is 7.19. The third-order valence-corrected chi connectivity index (χ3v) is 7.41. The van der Waals surface area contributed by atoms with Crippen LogP contribution in [-0.2, 0) is 0 Å². The molecule has 1 heterocycles. The van der Waals surface area contributed by atoms with Crippen molar-refractivity contribution < 1.29 is 4.79 Å².